The molecule has 0 spiro atoms. The van der Waals surface area contributed by atoms with E-state index in [2.05, 4.69) is 126 Å². The summed E-state index contributed by atoms with van der Waals surface area (Å²) in [5.74, 6) is 0.623. The quantitative estimate of drug-likeness (QED) is 0.211. The van der Waals surface area contributed by atoms with E-state index in [0.29, 0.717) is 11.5 Å². The lowest BCUT2D eigenvalue weighted by molar-refractivity contribution is 0.670. The van der Waals surface area contributed by atoms with Crippen molar-refractivity contribution in [2.45, 2.75) is 0 Å². The first-order valence-electron chi connectivity index (χ1n) is 14.8. The van der Waals surface area contributed by atoms with Gasteiger partial charge >= 0.3 is 0 Å². The van der Waals surface area contributed by atoms with E-state index in [1.807, 2.05) is 18.2 Å². The van der Waals surface area contributed by atoms with Crippen LogP contribution >= 0.6 is 0 Å². The van der Waals surface area contributed by atoms with E-state index in [-0.39, 0.29) is 0 Å². The molecule has 3 heterocycles. The van der Waals surface area contributed by atoms with Crippen LogP contribution in [0.4, 0.5) is 0 Å². The van der Waals surface area contributed by atoms with Crippen LogP contribution in [0.5, 0.6) is 0 Å². The summed E-state index contributed by atoms with van der Waals surface area (Å²) in [6.45, 7) is 0. The summed E-state index contributed by atoms with van der Waals surface area (Å²) in [5, 5.41) is 10.5. The van der Waals surface area contributed by atoms with Gasteiger partial charge in [0.25, 0.3) is 0 Å². The number of hydrogen-bond donors (Lipinski definition) is 0. The summed E-state index contributed by atoms with van der Waals surface area (Å²) >= 11 is 0. The topological polar surface area (TPSA) is 43.9 Å². The normalized spacial score (nSPS) is 12.1. The van der Waals surface area contributed by atoms with Gasteiger partial charge in [-0.2, -0.15) is 0 Å². The van der Waals surface area contributed by atoms with E-state index < -0.39 is 0 Å². The maximum Gasteiger partial charge on any atom is 0.236 e. The molecule has 0 N–H and O–H groups in total. The van der Waals surface area contributed by atoms with Crippen molar-refractivity contribution in [2.75, 3.05) is 0 Å². The molecule has 7 aromatic carbocycles. The van der Waals surface area contributed by atoms with Crippen molar-refractivity contribution in [3.05, 3.63) is 140 Å². The predicted molar refractivity (Wildman–Crippen MR) is 182 cm³/mol. The van der Waals surface area contributed by atoms with Gasteiger partial charge in [0, 0.05) is 27.1 Å². The number of fused-ring (bicyclic) bond motifs is 12. The minimum absolute atomic E-state index is 0.623. The van der Waals surface area contributed by atoms with Gasteiger partial charge in [-0.15, -0.1) is 0 Å². The van der Waals surface area contributed by atoms with Gasteiger partial charge in [0.15, 0.2) is 5.58 Å². The third-order valence-corrected chi connectivity index (χ3v) is 8.99. The summed E-state index contributed by atoms with van der Waals surface area (Å²) in [7, 11) is 0. The molecule has 10 rings (SSSR count). The van der Waals surface area contributed by atoms with E-state index in [1.54, 1.807) is 0 Å². The highest BCUT2D eigenvalue weighted by Crippen LogP contribution is 2.42. The molecule has 0 atom stereocenters. The van der Waals surface area contributed by atoms with Crippen molar-refractivity contribution in [3.63, 3.8) is 0 Å². The second-order valence-corrected chi connectivity index (χ2v) is 11.4. The zero-order chi connectivity index (χ0) is 28.8. The zero-order valence-electron chi connectivity index (χ0n) is 23.5. The molecule has 4 heteroatoms. The summed E-state index contributed by atoms with van der Waals surface area (Å²) in [5.41, 5.74) is 6.26. The van der Waals surface area contributed by atoms with Crippen LogP contribution in [-0.2, 0) is 0 Å². The number of furan rings is 1. The SMILES string of the molecule is c1ccc(-c2nc(-n3c4ccc5ccccc5c4c4c5ccccc5ccc43)nc3c2oc2c4ccccc4ccc32)cc1. The minimum Gasteiger partial charge on any atom is -0.451 e. The molecule has 0 saturated heterocycles. The Morgan fingerprint density at radius 1 is 0.432 bits per heavy atom. The van der Waals surface area contributed by atoms with Crippen molar-refractivity contribution in [1.29, 1.82) is 0 Å². The average Bonchev–Trinajstić information content (AvgIpc) is 3.65. The molecule has 204 valence electrons. The van der Waals surface area contributed by atoms with Crippen molar-refractivity contribution >= 4 is 76.2 Å². The van der Waals surface area contributed by atoms with Gasteiger partial charge in [-0.3, -0.25) is 4.57 Å². The Balaban J connectivity index is 1.41. The van der Waals surface area contributed by atoms with E-state index >= 15 is 0 Å². The summed E-state index contributed by atoms with van der Waals surface area (Å²) in [6, 6.07) is 49.0. The molecule has 0 aliphatic heterocycles. The molecule has 10 aromatic rings. The van der Waals surface area contributed by atoms with Gasteiger partial charge in [-0.05, 0) is 45.1 Å². The molecule has 44 heavy (non-hydrogen) atoms. The Labute approximate surface area is 251 Å². The third kappa shape index (κ3) is 3.17. The standard InChI is InChI=1S/C40H23N3O/c1-2-13-27(14-3-1)36-39-37(31-21-18-26-12-6-9-17-30(26)38(31)44-39)42-40(41-36)43-32-22-19-24-10-4-7-15-28(24)34(32)35-29-16-8-5-11-25(29)20-23-33(35)43/h1-23H. The molecular formula is C40H23N3O. The number of benzene rings is 7. The van der Waals surface area contributed by atoms with Gasteiger partial charge in [-0.25, -0.2) is 9.97 Å². The van der Waals surface area contributed by atoms with Crippen LogP contribution in [-0.4, -0.2) is 14.5 Å². The van der Waals surface area contributed by atoms with Gasteiger partial charge in [0.2, 0.25) is 5.95 Å². The van der Waals surface area contributed by atoms with Crippen LogP contribution in [0.15, 0.2) is 144 Å². The van der Waals surface area contributed by atoms with Gasteiger partial charge < -0.3 is 4.42 Å². The molecule has 0 aliphatic carbocycles. The first kappa shape index (κ1) is 23.6. The lowest BCUT2D eigenvalue weighted by Crippen LogP contribution is -2.02. The fourth-order valence-electron chi connectivity index (χ4n) is 7.01. The summed E-state index contributed by atoms with van der Waals surface area (Å²) in [6.07, 6.45) is 0. The van der Waals surface area contributed by atoms with Crippen molar-refractivity contribution in [2.24, 2.45) is 0 Å². The Hall–Kier alpha value is -6.00. The smallest absolute Gasteiger partial charge is 0.236 e. The summed E-state index contributed by atoms with van der Waals surface area (Å²) in [4.78, 5) is 10.6. The van der Waals surface area contributed by atoms with Crippen LogP contribution in [0.25, 0.3) is 93.4 Å². The van der Waals surface area contributed by atoms with Crippen molar-refractivity contribution in [3.8, 4) is 17.2 Å². The van der Waals surface area contributed by atoms with Gasteiger partial charge in [-0.1, -0.05) is 121 Å². The maximum absolute atomic E-state index is 6.68. The second kappa shape index (κ2) is 8.76. The zero-order valence-corrected chi connectivity index (χ0v) is 23.5. The third-order valence-electron chi connectivity index (χ3n) is 8.99. The molecule has 0 bridgehead atoms. The first-order valence-corrected chi connectivity index (χ1v) is 14.8. The molecule has 0 unspecified atom stereocenters. The van der Waals surface area contributed by atoms with Crippen molar-refractivity contribution < 1.29 is 4.42 Å². The molecule has 4 nitrogen and oxygen atoms in total. The Morgan fingerprint density at radius 2 is 0.977 bits per heavy atom. The lowest BCUT2D eigenvalue weighted by Gasteiger charge is -2.10. The average molecular weight is 562 g/mol. The largest absolute Gasteiger partial charge is 0.451 e. The molecule has 3 aromatic heterocycles. The van der Waals surface area contributed by atoms with E-state index in [9.17, 15) is 0 Å². The monoisotopic (exact) mass is 561 g/mol. The Kier molecular flexibility index (Phi) is 4.69. The Morgan fingerprint density at radius 3 is 1.64 bits per heavy atom. The number of aromatic nitrogens is 3. The van der Waals surface area contributed by atoms with Crippen LogP contribution in [0.2, 0.25) is 0 Å². The highest BCUT2D eigenvalue weighted by molar-refractivity contribution is 6.28. The van der Waals surface area contributed by atoms with E-state index in [0.717, 1.165) is 49.5 Å². The number of rotatable bonds is 2. The fraction of sp³-hybridized carbons (Fsp3) is 0. The molecule has 0 radical (unpaired) electrons. The lowest BCUT2D eigenvalue weighted by atomic mass is 10.00. The number of hydrogen-bond acceptors (Lipinski definition) is 3. The first-order chi connectivity index (χ1) is 21.8. The summed E-state index contributed by atoms with van der Waals surface area (Å²) < 4.78 is 8.91. The highest BCUT2D eigenvalue weighted by Gasteiger charge is 2.23. The molecular weight excluding hydrogens is 538 g/mol. The molecule has 0 fully saturated rings. The molecule has 0 saturated carbocycles. The molecule has 0 aliphatic rings. The van der Waals surface area contributed by atoms with Crippen molar-refractivity contribution in [1.82, 2.24) is 14.5 Å². The predicted octanol–water partition coefficient (Wildman–Crippen LogP) is 10.6. The van der Waals surface area contributed by atoms with Gasteiger partial charge in [0.05, 0.1) is 11.0 Å². The fourth-order valence-corrected chi connectivity index (χ4v) is 7.01. The minimum atomic E-state index is 0.623. The van der Waals surface area contributed by atoms with Crippen LogP contribution in [0.3, 0.4) is 0 Å². The highest BCUT2D eigenvalue weighted by atomic mass is 16.3. The van der Waals surface area contributed by atoms with Gasteiger partial charge in [0.1, 0.15) is 16.8 Å². The van der Waals surface area contributed by atoms with E-state index in [4.69, 9.17) is 14.4 Å². The Bertz CT molecular complexity index is 2680. The second-order valence-electron chi connectivity index (χ2n) is 11.4. The van der Waals surface area contributed by atoms with Crippen LogP contribution in [0.1, 0.15) is 0 Å². The number of nitrogens with zero attached hydrogens (tertiary/aromatic N) is 3. The molecule has 0 amide bonds. The van der Waals surface area contributed by atoms with Crippen LogP contribution in [0, 0.1) is 0 Å². The van der Waals surface area contributed by atoms with E-state index in [1.165, 1.54) is 32.3 Å². The van der Waals surface area contributed by atoms with Crippen LogP contribution < -0.4 is 0 Å². The maximum atomic E-state index is 6.68.